The molecule has 2 saturated carbocycles. The summed E-state index contributed by atoms with van der Waals surface area (Å²) in [6.45, 7) is 9.03. The minimum Gasteiger partial charge on any atom is -0.472 e. The van der Waals surface area contributed by atoms with Crippen LogP contribution in [0, 0.1) is 17.3 Å². The Morgan fingerprint density at radius 2 is 1.27 bits per heavy atom. The molecule has 0 aromatic carbocycles. The van der Waals surface area contributed by atoms with E-state index in [1.54, 1.807) is 20.8 Å². The highest BCUT2D eigenvalue weighted by atomic mass is 16.6. The molecule has 15 nitrogen and oxygen atoms in total. The molecule has 15 heteroatoms. The molecule has 48 heavy (non-hydrogen) atoms. The Morgan fingerprint density at radius 1 is 0.729 bits per heavy atom. The summed E-state index contributed by atoms with van der Waals surface area (Å²) >= 11 is 0. The van der Waals surface area contributed by atoms with Crippen molar-refractivity contribution in [2.75, 3.05) is 6.61 Å². The van der Waals surface area contributed by atoms with Crippen LogP contribution in [0.2, 0.25) is 0 Å². The van der Waals surface area contributed by atoms with Crippen LogP contribution in [0.3, 0.4) is 0 Å². The van der Waals surface area contributed by atoms with Gasteiger partial charge in [-0.15, -0.1) is 0 Å². The summed E-state index contributed by atoms with van der Waals surface area (Å²) in [4.78, 5) is 78.3. The molecule has 1 spiro atoms. The lowest BCUT2D eigenvalue weighted by Crippen LogP contribution is -2.81. The van der Waals surface area contributed by atoms with Crippen molar-refractivity contribution < 1.29 is 70.8 Å². The zero-order valence-electron chi connectivity index (χ0n) is 27.5. The first-order valence-electron chi connectivity index (χ1n) is 15.4. The molecule has 3 fully saturated rings. The van der Waals surface area contributed by atoms with Gasteiger partial charge in [-0.3, -0.25) is 19.2 Å². The third-order valence-corrected chi connectivity index (χ3v) is 9.44. The average Bonchev–Trinajstić information content (AvgIpc) is 3.74. The summed E-state index contributed by atoms with van der Waals surface area (Å²) in [6.07, 6.45) is -2.42. The molecule has 2 aromatic rings. The predicted octanol–water partition coefficient (Wildman–Crippen LogP) is 3.19. The Bertz CT molecular complexity index is 1560. The van der Waals surface area contributed by atoms with Crippen molar-refractivity contribution in [1.29, 1.82) is 0 Å². The van der Waals surface area contributed by atoms with Crippen LogP contribution in [0.4, 0.5) is 0 Å². The molecular formula is C33H38O15. The summed E-state index contributed by atoms with van der Waals surface area (Å²) < 4.78 is 53.0. The van der Waals surface area contributed by atoms with E-state index in [1.165, 1.54) is 31.6 Å². The Kier molecular flexibility index (Phi) is 9.21. The van der Waals surface area contributed by atoms with Crippen LogP contribution < -0.4 is 0 Å². The van der Waals surface area contributed by atoms with Gasteiger partial charge in [0.25, 0.3) is 0 Å². The van der Waals surface area contributed by atoms with E-state index in [4.69, 9.17) is 42.0 Å². The first kappa shape index (κ1) is 34.7. The molecule has 1 saturated heterocycles. The lowest BCUT2D eigenvalue weighted by Gasteiger charge is -2.64. The molecule has 3 heterocycles. The highest BCUT2D eigenvalue weighted by molar-refractivity contribution is 5.90. The van der Waals surface area contributed by atoms with E-state index in [-0.39, 0.29) is 17.5 Å². The fourth-order valence-electron chi connectivity index (χ4n) is 7.99. The van der Waals surface area contributed by atoms with Crippen molar-refractivity contribution in [2.24, 2.45) is 17.3 Å². The van der Waals surface area contributed by atoms with Crippen molar-refractivity contribution in [3.63, 3.8) is 0 Å². The van der Waals surface area contributed by atoms with Gasteiger partial charge in [-0.25, -0.2) is 9.59 Å². The van der Waals surface area contributed by atoms with Crippen LogP contribution in [-0.2, 0) is 52.3 Å². The number of carbonyl (C=O) groups excluding carboxylic acids is 6. The van der Waals surface area contributed by atoms with E-state index < -0.39 is 101 Å². The first-order chi connectivity index (χ1) is 22.5. The van der Waals surface area contributed by atoms with Gasteiger partial charge in [-0.2, -0.15) is 0 Å². The number of carbonyl (C=O) groups is 6. The van der Waals surface area contributed by atoms with Crippen molar-refractivity contribution in [2.45, 2.75) is 96.6 Å². The van der Waals surface area contributed by atoms with Gasteiger partial charge in [0.15, 0.2) is 12.2 Å². The van der Waals surface area contributed by atoms with Crippen LogP contribution in [0.1, 0.15) is 75.6 Å². The lowest BCUT2D eigenvalue weighted by molar-refractivity contribution is -0.328. The van der Waals surface area contributed by atoms with Crippen LogP contribution in [0.25, 0.3) is 0 Å². The quantitative estimate of drug-likeness (QED) is 0.278. The number of ether oxygens (including phenoxy) is 7. The first-order valence-corrected chi connectivity index (χ1v) is 15.4. The molecule has 4 unspecified atom stereocenters. The summed E-state index contributed by atoms with van der Waals surface area (Å²) in [6, 6.07) is 2.70. The van der Waals surface area contributed by atoms with Gasteiger partial charge in [-0.1, -0.05) is 6.92 Å². The highest BCUT2D eigenvalue weighted by Gasteiger charge is 2.85. The van der Waals surface area contributed by atoms with Crippen LogP contribution in [0.15, 0.2) is 46.0 Å². The van der Waals surface area contributed by atoms with E-state index in [1.807, 2.05) is 0 Å². The van der Waals surface area contributed by atoms with Gasteiger partial charge >= 0.3 is 35.8 Å². The Balaban J connectivity index is 1.86. The van der Waals surface area contributed by atoms with Gasteiger partial charge in [-0.05, 0) is 38.3 Å². The number of esters is 6. The summed E-state index contributed by atoms with van der Waals surface area (Å²) in [7, 11) is 0. The van der Waals surface area contributed by atoms with E-state index in [0.29, 0.717) is 0 Å². The number of fused-ring (bicyclic) bond motifs is 1. The van der Waals surface area contributed by atoms with Gasteiger partial charge in [0.1, 0.15) is 48.5 Å². The zero-order chi connectivity index (χ0) is 35.2. The molecule has 2 aromatic heterocycles. The standard InChI is InChI=1S/C33H38O15/c1-16-12-23(43-18(3)35)26(44-19(4)36)32(15-42-17(2)34)28(47-30(39)22-9-11-41-14-22)25(46-29(38)21-8-10-40-13-21)24-27(45-20(5)37)33(16,32)48-31(24,6)7/h8-11,13-14,16,23-28H,12,15H2,1-7H3/t16?,23?,24-,25-,26?,27-,28+,32?,33-/m1/s1. The second kappa shape index (κ2) is 12.7. The van der Waals surface area contributed by atoms with Gasteiger partial charge in [0.05, 0.1) is 35.2 Å². The Labute approximate surface area is 275 Å². The monoisotopic (exact) mass is 674 g/mol. The topological polar surface area (TPSA) is 193 Å². The maximum Gasteiger partial charge on any atom is 0.341 e. The smallest absolute Gasteiger partial charge is 0.341 e. The second-order valence-corrected chi connectivity index (χ2v) is 12.9. The minimum atomic E-state index is -2.05. The van der Waals surface area contributed by atoms with Crippen LogP contribution in [-0.4, -0.2) is 84.1 Å². The van der Waals surface area contributed by atoms with Crippen molar-refractivity contribution >= 4 is 35.8 Å². The average molecular weight is 675 g/mol. The third kappa shape index (κ3) is 5.73. The Hall–Kier alpha value is -4.66. The van der Waals surface area contributed by atoms with Crippen molar-refractivity contribution in [3.05, 3.63) is 48.3 Å². The molecule has 2 aliphatic carbocycles. The van der Waals surface area contributed by atoms with E-state index in [2.05, 4.69) is 0 Å². The highest BCUT2D eigenvalue weighted by Crippen LogP contribution is 2.68. The SMILES string of the molecule is CC(=O)OCC12C(OC(C)=O)C(OC(C)=O)CC(C)[C@]13OC(C)(C)[C@H]([C@@H](OC(=O)c1ccoc1)[C@@H]2OC(=O)c1ccoc1)[C@H]3OC(C)=O. The molecule has 0 amide bonds. The lowest BCUT2D eigenvalue weighted by atomic mass is 9.47. The van der Waals surface area contributed by atoms with E-state index >= 15 is 0 Å². The van der Waals surface area contributed by atoms with Crippen molar-refractivity contribution in [1.82, 2.24) is 0 Å². The van der Waals surface area contributed by atoms with Gasteiger partial charge < -0.3 is 42.0 Å². The maximum absolute atomic E-state index is 13.8. The molecule has 2 bridgehead atoms. The number of hydrogen-bond acceptors (Lipinski definition) is 15. The fraction of sp³-hybridized carbons (Fsp3) is 0.576. The number of furan rings is 2. The zero-order valence-corrected chi connectivity index (χ0v) is 27.5. The van der Waals surface area contributed by atoms with Crippen molar-refractivity contribution in [3.8, 4) is 0 Å². The summed E-state index contributed by atoms with van der Waals surface area (Å²) in [5.74, 6) is -6.65. The largest absolute Gasteiger partial charge is 0.472 e. The molecule has 0 N–H and O–H groups in total. The Morgan fingerprint density at radius 3 is 1.77 bits per heavy atom. The molecule has 9 atom stereocenters. The minimum absolute atomic E-state index is 0.00730. The molecule has 5 rings (SSSR count). The number of hydrogen-bond donors (Lipinski definition) is 0. The molecule has 1 aliphatic heterocycles. The predicted molar refractivity (Wildman–Crippen MR) is 157 cm³/mol. The molecule has 3 aliphatic rings. The molecule has 0 radical (unpaired) electrons. The maximum atomic E-state index is 13.8. The second-order valence-electron chi connectivity index (χ2n) is 12.9. The number of rotatable bonds is 9. The van der Waals surface area contributed by atoms with E-state index in [0.717, 1.165) is 33.3 Å². The normalized spacial score (nSPS) is 33.0. The van der Waals surface area contributed by atoms with Gasteiger partial charge in [0.2, 0.25) is 0 Å². The summed E-state index contributed by atoms with van der Waals surface area (Å²) in [5.41, 5.74) is -5.13. The summed E-state index contributed by atoms with van der Waals surface area (Å²) in [5, 5.41) is 0. The fourth-order valence-corrected chi connectivity index (χ4v) is 7.99. The van der Waals surface area contributed by atoms with Crippen LogP contribution >= 0.6 is 0 Å². The third-order valence-electron chi connectivity index (χ3n) is 9.44. The molecule has 260 valence electrons. The van der Waals surface area contributed by atoms with Gasteiger partial charge in [0, 0.05) is 27.7 Å². The van der Waals surface area contributed by atoms with Crippen LogP contribution in [0.5, 0.6) is 0 Å². The van der Waals surface area contributed by atoms with E-state index in [9.17, 15) is 28.8 Å². The molecular weight excluding hydrogens is 636 g/mol.